The molecule has 0 amide bonds. The molecule has 0 aromatic rings. The fraction of sp³-hybridized carbons (Fsp3) is 0.714. The molecule has 0 unspecified atom stereocenters. The van der Waals surface area contributed by atoms with Crippen molar-refractivity contribution < 1.29 is 24.0 Å². The van der Waals surface area contributed by atoms with Crippen molar-refractivity contribution in [1.29, 1.82) is 0 Å². The van der Waals surface area contributed by atoms with Gasteiger partial charge in [0.2, 0.25) is 0 Å². The molecule has 5 atom stereocenters. The fourth-order valence-electron chi connectivity index (χ4n) is 2.15. The molecule has 0 aromatic carbocycles. The molecule has 14 heavy (non-hydrogen) atoms. The molecule has 1 saturated carbocycles. The van der Waals surface area contributed by atoms with Crippen LogP contribution in [0.5, 0.6) is 0 Å². The van der Waals surface area contributed by atoms with Gasteiger partial charge >= 0.3 is 11.9 Å². The van der Waals surface area contributed by atoms with Crippen molar-refractivity contribution in [2.75, 3.05) is 5.75 Å². The summed E-state index contributed by atoms with van der Waals surface area (Å²) >= 11 is 0. The standard InChI is InChI=1S/C7H9NO5S/c8-7(6(11)12)1-14(13)4-2(3(4)7)5(9)10/h2-4H,1,8H2,(H,9,10)(H,11,12)/t2-,3-,4+,7+,14+/m1/s1. The number of rotatable bonds is 2. The first-order chi connectivity index (χ1) is 6.39. The van der Waals surface area contributed by atoms with Crippen LogP contribution >= 0.6 is 0 Å². The normalized spacial score (nSPS) is 49.8. The molecule has 78 valence electrons. The van der Waals surface area contributed by atoms with Crippen molar-refractivity contribution >= 4 is 22.7 Å². The summed E-state index contributed by atoms with van der Waals surface area (Å²) in [7, 11) is -1.42. The van der Waals surface area contributed by atoms with Crippen molar-refractivity contribution in [3.8, 4) is 0 Å². The minimum absolute atomic E-state index is 0.137. The maximum Gasteiger partial charge on any atom is 0.325 e. The van der Waals surface area contributed by atoms with E-state index in [0.29, 0.717) is 0 Å². The second-order valence-electron chi connectivity index (χ2n) is 3.73. The Morgan fingerprint density at radius 1 is 1.43 bits per heavy atom. The molecular formula is C7H9NO5S. The highest BCUT2D eigenvalue weighted by molar-refractivity contribution is 7.86. The summed E-state index contributed by atoms with van der Waals surface area (Å²) in [4.78, 5) is 21.5. The van der Waals surface area contributed by atoms with Gasteiger partial charge in [-0.05, 0) is 0 Å². The van der Waals surface area contributed by atoms with E-state index in [-0.39, 0.29) is 5.75 Å². The van der Waals surface area contributed by atoms with Gasteiger partial charge in [-0.15, -0.1) is 0 Å². The summed E-state index contributed by atoms with van der Waals surface area (Å²) in [5, 5.41) is 17.0. The molecule has 1 saturated heterocycles. The molecule has 1 aliphatic carbocycles. The third-order valence-electron chi connectivity index (χ3n) is 2.92. The molecule has 0 aromatic heterocycles. The summed E-state index contributed by atoms with van der Waals surface area (Å²) in [6.07, 6.45) is 0. The van der Waals surface area contributed by atoms with Crippen LogP contribution in [-0.4, -0.2) is 42.9 Å². The Hall–Kier alpha value is -0.950. The van der Waals surface area contributed by atoms with Crippen molar-refractivity contribution in [1.82, 2.24) is 0 Å². The lowest BCUT2D eigenvalue weighted by atomic mass is 9.96. The van der Waals surface area contributed by atoms with Crippen LogP contribution in [0, 0.1) is 11.8 Å². The topological polar surface area (TPSA) is 118 Å². The molecule has 4 N–H and O–H groups in total. The minimum Gasteiger partial charge on any atom is -0.481 e. The molecule has 0 radical (unpaired) electrons. The van der Waals surface area contributed by atoms with Gasteiger partial charge in [0.1, 0.15) is 5.54 Å². The van der Waals surface area contributed by atoms with Crippen LogP contribution in [0.3, 0.4) is 0 Å². The lowest BCUT2D eigenvalue weighted by molar-refractivity contribution is -0.144. The number of aliphatic carboxylic acids is 2. The number of fused-ring (bicyclic) bond motifs is 1. The number of carboxylic acids is 2. The Kier molecular flexibility index (Phi) is 1.74. The van der Waals surface area contributed by atoms with Crippen molar-refractivity contribution in [3.63, 3.8) is 0 Å². The zero-order valence-corrected chi connectivity index (χ0v) is 7.86. The van der Waals surface area contributed by atoms with Gasteiger partial charge in [0.25, 0.3) is 0 Å². The average molecular weight is 219 g/mol. The molecule has 2 fully saturated rings. The van der Waals surface area contributed by atoms with Gasteiger partial charge in [-0.3, -0.25) is 13.8 Å². The highest BCUT2D eigenvalue weighted by atomic mass is 32.2. The monoisotopic (exact) mass is 219 g/mol. The van der Waals surface area contributed by atoms with E-state index in [2.05, 4.69) is 0 Å². The van der Waals surface area contributed by atoms with Gasteiger partial charge in [0, 0.05) is 16.7 Å². The van der Waals surface area contributed by atoms with Crippen LogP contribution in [0.4, 0.5) is 0 Å². The third kappa shape index (κ3) is 0.963. The quantitative estimate of drug-likeness (QED) is 0.506. The van der Waals surface area contributed by atoms with Crippen molar-refractivity contribution in [2.24, 2.45) is 17.6 Å². The molecule has 0 spiro atoms. The summed E-state index contributed by atoms with van der Waals surface area (Å²) in [5.74, 6) is -4.02. The Morgan fingerprint density at radius 2 is 2.00 bits per heavy atom. The lowest BCUT2D eigenvalue weighted by Gasteiger charge is -2.19. The fourth-order valence-corrected chi connectivity index (χ4v) is 4.39. The zero-order chi connectivity index (χ0) is 10.7. The minimum atomic E-state index is -1.61. The van der Waals surface area contributed by atoms with Gasteiger partial charge < -0.3 is 15.9 Å². The molecule has 7 heteroatoms. The van der Waals surface area contributed by atoms with Gasteiger partial charge in [0.15, 0.2) is 0 Å². The maximum atomic E-state index is 11.4. The largest absolute Gasteiger partial charge is 0.481 e. The Labute approximate surface area is 81.5 Å². The molecule has 2 rings (SSSR count). The molecular weight excluding hydrogens is 210 g/mol. The summed E-state index contributed by atoms with van der Waals surface area (Å²) in [5.41, 5.74) is 3.94. The van der Waals surface area contributed by atoms with E-state index in [0.717, 1.165) is 0 Å². The van der Waals surface area contributed by atoms with Crippen molar-refractivity contribution in [2.45, 2.75) is 10.8 Å². The summed E-state index contributed by atoms with van der Waals surface area (Å²) < 4.78 is 11.4. The van der Waals surface area contributed by atoms with E-state index in [1.807, 2.05) is 0 Å². The average Bonchev–Trinajstić information content (AvgIpc) is 2.72. The first-order valence-electron chi connectivity index (χ1n) is 4.02. The van der Waals surface area contributed by atoms with E-state index in [4.69, 9.17) is 15.9 Å². The van der Waals surface area contributed by atoms with E-state index < -0.39 is 45.4 Å². The molecule has 6 nitrogen and oxygen atoms in total. The summed E-state index contributed by atoms with van der Waals surface area (Å²) in [6.45, 7) is 0. The van der Waals surface area contributed by atoms with Crippen LogP contribution < -0.4 is 5.73 Å². The van der Waals surface area contributed by atoms with Gasteiger partial charge in [0.05, 0.1) is 16.9 Å². The first kappa shape index (κ1) is 9.60. The lowest BCUT2D eigenvalue weighted by Crippen LogP contribution is -2.53. The van der Waals surface area contributed by atoms with E-state index in [1.54, 1.807) is 0 Å². The number of hydrogen-bond acceptors (Lipinski definition) is 4. The van der Waals surface area contributed by atoms with Crippen LogP contribution in [-0.2, 0) is 20.4 Å². The number of hydrogen-bond donors (Lipinski definition) is 3. The molecule has 0 bridgehead atoms. The number of nitrogens with two attached hydrogens (primary N) is 1. The highest BCUT2D eigenvalue weighted by Gasteiger charge is 2.74. The van der Waals surface area contributed by atoms with Gasteiger partial charge in [-0.25, -0.2) is 0 Å². The van der Waals surface area contributed by atoms with Crippen LogP contribution in [0.25, 0.3) is 0 Å². The third-order valence-corrected chi connectivity index (χ3v) is 4.87. The Bertz CT molecular complexity index is 352. The van der Waals surface area contributed by atoms with Gasteiger partial charge in [-0.2, -0.15) is 0 Å². The zero-order valence-electron chi connectivity index (χ0n) is 7.04. The predicted octanol–water partition coefficient (Wildman–Crippen LogP) is -1.77. The SMILES string of the molecule is N[C@@]1(C(=O)O)C[S@](=O)[C@H]2[C@H](C(=O)O)[C@H]21. The molecule has 2 aliphatic rings. The Morgan fingerprint density at radius 3 is 2.36 bits per heavy atom. The molecule has 1 aliphatic heterocycles. The first-order valence-corrected chi connectivity index (χ1v) is 5.40. The Balaban J connectivity index is 2.31. The smallest absolute Gasteiger partial charge is 0.325 e. The predicted molar refractivity (Wildman–Crippen MR) is 46.0 cm³/mol. The van der Waals surface area contributed by atoms with E-state index in [9.17, 15) is 13.8 Å². The van der Waals surface area contributed by atoms with E-state index >= 15 is 0 Å². The second kappa shape index (κ2) is 2.54. The maximum absolute atomic E-state index is 11.4. The van der Waals surface area contributed by atoms with Crippen LogP contribution in [0.2, 0.25) is 0 Å². The highest BCUT2D eigenvalue weighted by Crippen LogP contribution is 2.55. The van der Waals surface area contributed by atoms with Gasteiger partial charge in [-0.1, -0.05) is 0 Å². The van der Waals surface area contributed by atoms with Crippen LogP contribution in [0.15, 0.2) is 0 Å². The number of carbonyl (C=O) groups is 2. The molecule has 1 heterocycles. The van der Waals surface area contributed by atoms with E-state index in [1.165, 1.54) is 0 Å². The second-order valence-corrected chi connectivity index (χ2v) is 5.32. The van der Waals surface area contributed by atoms with Crippen molar-refractivity contribution in [3.05, 3.63) is 0 Å². The van der Waals surface area contributed by atoms with Crippen LogP contribution in [0.1, 0.15) is 0 Å². The number of carboxylic acid groups (broad SMARTS) is 2. The summed E-state index contributed by atoms with van der Waals surface area (Å²) in [6, 6.07) is 0.